The highest BCUT2D eigenvalue weighted by Crippen LogP contribution is 2.44. The van der Waals surface area contributed by atoms with Crippen molar-refractivity contribution >= 4 is 0 Å². The van der Waals surface area contributed by atoms with E-state index in [1.54, 1.807) is 0 Å². The third-order valence-corrected chi connectivity index (χ3v) is 2.49. The van der Waals surface area contributed by atoms with Crippen LogP contribution in [0.15, 0.2) is 0 Å². The number of rotatable bonds is 4. The third kappa shape index (κ3) is 2.20. The third-order valence-electron chi connectivity index (χ3n) is 2.49. The van der Waals surface area contributed by atoms with Crippen LogP contribution >= 0.6 is 0 Å². The molecule has 0 amide bonds. The second kappa shape index (κ2) is 3.23. The first-order valence-electron chi connectivity index (χ1n) is 4.37. The second-order valence-corrected chi connectivity index (χ2v) is 3.58. The smallest absolute Gasteiger partial charge is 0.0703 e. The van der Waals surface area contributed by atoms with Crippen molar-refractivity contribution in [3.8, 4) is 6.07 Å². The lowest BCUT2D eigenvalue weighted by Gasteiger charge is -2.13. The highest BCUT2D eigenvalue weighted by molar-refractivity contribution is 5.11. The standard InChI is InChI=1S/C9H16N2/c1-3-8(2)11-7-9(6-10)4-5-9/h8,11H,3-5,7H2,1-2H3. The molecule has 62 valence electrons. The van der Waals surface area contributed by atoms with Gasteiger partial charge in [0.2, 0.25) is 0 Å². The van der Waals surface area contributed by atoms with Gasteiger partial charge in [-0.3, -0.25) is 0 Å². The second-order valence-electron chi connectivity index (χ2n) is 3.58. The Morgan fingerprint density at radius 1 is 1.64 bits per heavy atom. The molecular weight excluding hydrogens is 136 g/mol. The van der Waals surface area contributed by atoms with Gasteiger partial charge in [-0.15, -0.1) is 0 Å². The lowest BCUT2D eigenvalue weighted by atomic mass is 10.1. The van der Waals surface area contributed by atoms with Crippen LogP contribution in [-0.2, 0) is 0 Å². The minimum Gasteiger partial charge on any atom is -0.313 e. The molecule has 1 atom stereocenters. The molecule has 0 bridgehead atoms. The molecule has 2 nitrogen and oxygen atoms in total. The largest absolute Gasteiger partial charge is 0.313 e. The summed E-state index contributed by atoms with van der Waals surface area (Å²) in [6, 6.07) is 2.93. The fourth-order valence-electron chi connectivity index (χ4n) is 0.993. The molecule has 0 saturated heterocycles. The number of nitrogens with one attached hydrogen (secondary N) is 1. The van der Waals surface area contributed by atoms with Gasteiger partial charge in [-0.05, 0) is 26.2 Å². The van der Waals surface area contributed by atoms with Gasteiger partial charge in [0.1, 0.15) is 0 Å². The van der Waals surface area contributed by atoms with Crippen molar-refractivity contribution in [2.45, 2.75) is 39.2 Å². The fourth-order valence-corrected chi connectivity index (χ4v) is 0.993. The van der Waals surface area contributed by atoms with Crippen LogP contribution in [0.5, 0.6) is 0 Å². The highest BCUT2D eigenvalue weighted by atomic mass is 14.9. The maximum Gasteiger partial charge on any atom is 0.0703 e. The molecule has 1 fully saturated rings. The molecule has 0 radical (unpaired) electrons. The molecule has 0 aromatic carbocycles. The molecule has 0 aromatic rings. The monoisotopic (exact) mass is 152 g/mol. The van der Waals surface area contributed by atoms with Gasteiger partial charge in [-0.25, -0.2) is 0 Å². The molecule has 1 aliphatic rings. The van der Waals surface area contributed by atoms with Crippen molar-refractivity contribution in [1.29, 1.82) is 5.26 Å². The Morgan fingerprint density at radius 3 is 2.64 bits per heavy atom. The van der Waals surface area contributed by atoms with Gasteiger partial charge in [-0.1, -0.05) is 6.92 Å². The van der Waals surface area contributed by atoms with Crippen molar-refractivity contribution in [3.05, 3.63) is 0 Å². The minimum absolute atomic E-state index is 0.0173. The summed E-state index contributed by atoms with van der Waals surface area (Å²) in [6.45, 7) is 5.20. The van der Waals surface area contributed by atoms with Gasteiger partial charge in [0, 0.05) is 12.6 Å². The zero-order valence-corrected chi connectivity index (χ0v) is 7.35. The van der Waals surface area contributed by atoms with E-state index in [0.717, 1.165) is 25.8 Å². The van der Waals surface area contributed by atoms with E-state index in [2.05, 4.69) is 25.2 Å². The molecule has 1 unspecified atom stereocenters. The van der Waals surface area contributed by atoms with E-state index in [-0.39, 0.29) is 5.41 Å². The number of nitriles is 1. The molecule has 0 aromatic heterocycles. The Morgan fingerprint density at radius 2 is 2.27 bits per heavy atom. The molecule has 2 heteroatoms. The van der Waals surface area contributed by atoms with E-state index >= 15 is 0 Å². The zero-order valence-electron chi connectivity index (χ0n) is 7.35. The lowest BCUT2D eigenvalue weighted by Crippen LogP contribution is -2.30. The van der Waals surface area contributed by atoms with Crippen molar-refractivity contribution in [3.63, 3.8) is 0 Å². The Hall–Kier alpha value is -0.550. The number of hydrogen-bond donors (Lipinski definition) is 1. The van der Waals surface area contributed by atoms with E-state index in [4.69, 9.17) is 5.26 Å². The van der Waals surface area contributed by atoms with E-state index in [1.165, 1.54) is 0 Å². The van der Waals surface area contributed by atoms with Crippen LogP contribution in [0.1, 0.15) is 33.1 Å². The van der Waals surface area contributed by atoms with Gasteiger partial charge in [0.05, 0.1) is 11.5 Å². The first-order chi connectivity index (χ1) is 5.22. The van der Waals surface area contributed by atoms with Crippen LogP contribution in [0.25, 0.3) is 0 Å². The molecule has 1 rings (SSSR count). The van der Waals surface area contributed by atoms with Crippen molar-refractivity contribution in [1.82, 2.24) is 5.32 Å². The number of hydrogen-bond acceptors (Lipinski definition) is 2. The Bertz CT molecular complexity index is 165. The van der Waals surface area contributed by atoms with Gasteiger partial charge < -0.3 is 5.32 Å². The summed E-state index contributed by atoms with van der Waals surface area (Å²) in [5, 5.41) is 12.1. The van der Waals surface area contributed by atoms with Crippen LogP contribution in [0.2, 0.25) is 0 Å². The van der Waals surface area contributed by atoms with Crippen LogP contribution < -0.4 is 5.32 Å². The summed E-state index contributed by atoms with van der Waals surface area (Å²) in [5.74, 6) is 0. The van der Waals surface area contributed by atoms with Crippen LogP contribution in [0, 0.1) is 16.7 Å². The topological polar surface area (TPSA) is 35.8 Å². The first-order valence-corrected chi connectivity index (χ1v) is 4.37. The predicted octanol–water partition coefficient (Wildman–Crippen LogP) is 1.68. The summed E-state index contributed by atoms with van der Waals surface area (Å²) in [5.41, 5.74) is 0.0173. The summed E-state index contributed by atoms with van der Waals surface area (Å²) >= 11 is 0. The first kappa shape index (κ1) is 8.55. The number of nitrogens with zero attached hydrogens (tertiary/aromatic N) is 1. The van der Waals surface area contributed by atoms with Gasteiger partial charge >= 0.3 is 0 Å². The summed E-state index contributed by atoms with van der Waals surface area (Å²) < 4.78 is 0. The summed E-state index contributed by atoms with van der Waals surface area (Å²) in [7, 11) is 0. The quantitative estimate of drug-likeness (QED) is 0.665. The maximum absolute atomic E-state index is 8.75. The van der Waals surface area contributed by atoms with Gasteiger partial charge in [0.15, 0.2) is 0 Å². The van der Waals surface area contributed by atoms with Crippen molar-refractivity contribution in [2.24, 2.45) is 5.41 Å². The van der Waals surface area contributed by atoms with Gasteiger partial charge in [-0.2, -0.15) is 5.26 Å². The molecule has 1 saturated carbocycles. The zero-order chi connectivity index (χ0) is 8.32. The van der Waals surface area contributed by atoms with E-state index < -0.39 is 0 Å². The molecule has 11 heavy (non-hydrogen) atoms. The van der Waals surface area contributed by atoms with Crippen LogP contribution in [0.4, 0.5) is 0 Å². The molecule has 1 N–H and O–H groups in total. The fraction of sp³-hybridized carbons (Fsp3) is 0.889. The van der Waals surface area contributed by atoms with Crippen molar-refractivity contribution < 1.29 is 0 Å². The molecule has 0 aliphatic heterocycles. The average Bonchev–Trinajstić information content (AvgIpc) is 2.81. The Balaban J connectivity index is 2.18. The Kier molecular flexibility index (Phi) is 2.51. The normalized spacial score (nSPS) is 22.3. The minimum atomic E-state index is 0.0173. The van der Waals surface area contributed by atoms with E-state index in [9.17, 15) is 0 Å². The average molecular weight is 152 g/mol. The lowest BCUT2D eigenvalue weighted by molar-refractivity contribution is 0.477. The SMILES string of the molecule is CCC(C)NCC1(C#N)CC1. The predicted molar refractivity (Wildman–Crippen MR) is 45.0 cm³/mol. The highest BCUT2D eigenvalue weighted by Gasteiger charge is 2.42. The summed E-state index contributed by atoms with van der Waals surface area (Å²) in [4.78, 5) is 0. The van der Waals surface area contributed by atoms with E-state index in [0.29, 0.717) is 6.04 Å². The molecular formula is C9H16N2. The van der Waals surface area contributed by atoms with Gasteiger partial charge in [0.25, 0.3) is 0 Å². The van der Waals surface area contributed by atoms with Crippen molar-refractivity contribution in [2.75, 3.05) is 6.54 Å². The Labute approximate surface area is 68.6 Å². The maximum atomic E-state index is 8.75. The molecule has 0 spiro atoms. The molecule has 1 aliphatic carbocycles. The van der Waals surface area contributed by atoms with Crippen LogP contribution in [0.3, 0.4) is 0 Å². The van der Waals surface area contributed by atoms with Crippen LogP contribution in [-0.4, -0.2) is 12.6 Å². The van der Waals surface area contributed by atoms with E-state index in [1.807, 2.05) is 0 Å². The summed E-state index contributed by atoms with van der Waals surface area (Å²) in [6.07, 6.45) is 3.32. The molecule has 0 heterocycles.